The smallest absolute Gasteiger partial charge is 0.231 e. The number of nitrogens with zero attached hydrogens (tertiary/aromatic N) is 3. The van der Waals surface area contributed by atoms with Crippen LogP contribution in [0.15, 0.2) is 18.2 Å². The Balaban J connectivity index is 1.71. The van der Waals surface area contributed by atoms with Crippen molar-refractivity contribution in [3.63, 3.8) is 0 Å². The number of benzene rings is 1. The molecule has 2 aromatic rings. The zero-order chi connectivity index (χ0) is 16.6. The lowest BCUT2D eigenvalue weighted by Crippen LogP contribution is -2.28. The van der Waals surface area contributed by atoms with Crippen LogP contribution in [0.25, 0.3) is 0 Å². The molecule has 1 atom stereocenters. The van der Waals surface area contributed by atoms with Gasteiger partial charge in [-0.05, 0) is 44.0 Å². The summed E-state index contributed by atoms with van der Waals surface area (Å²) in [6, 6.07) is 5.91. The molecule has 1 aliphatic heterocycles. The van der Waals surface area contributed by atoms with Crippen LogP contribution >= 0.6 is 11.3 Å². The Morgan fingerprint density at radius 3 is 2.70 bits per heavy atom. The second kappa shape index (κ2) is 6.08. The lowest BCUT2D eigenvalue weighted by Gasteiger charge is -2.17. The van der Waals surface area contributed by atoms with E-state index in [0.29, 0.717) is 11.7 Å². The molecule has 2 amide bonds. The average Bonchev–Trinajstić information content (AvgIpc) is 3.08. The number of aromatic nitrogens is 2. The number of nitrogens with one attached hydrogen (secondary N) is 1. The fraction of sp³-hybridized carbons (Fsp3) is 0.375. The van der Waals surface area contributed by atoms with E-state index < -0.39 is 0 Å². The maximum absolute atomic E-state index is 12.3. The molecule has 0 saturated carbocycles. The number of hydrogen-bond donors (Lipinski definition) is 1. The minimum Gasteiger partial charge on any atom is -0.312 e. The summed E-state index contributed by atoms with van der Waals surface area (Å²) in [5, 5.41) is 11.8. The zero-order valence-electron chi connectivity index (χ0n) is 13.3. The summed E-state index contributed by atoms with van der Waals surface area (Å²) >= 11 is 1.32. The van der Waals surface area contributed by atoms with Gasteiger partial charge in [0.2, 0.25) is 16.9 Å². The van der Waals surface area contributed by atoms with E-state index in [4.69, 9.17) is 0 Å². The molecule has 1 aromatic carbocycles. The van der Waals surface area contributed by atoms with Crippen LogP contribution in [0.4, 0.5) is 10.8 Å². The Kier molecular flexibility index (Phi) is 4.12. The summed E-state index contributed by atoms with van der Waals surface area (Å²) in [4.78, 5) is 26.3. The van der Waals surface area contributed by atoms with E-state index in [1.54, 1.807) is 4.90 Å². The molecule has 1 fully saturated rings. The highest BCUT2D eigenvalue weighted by Gasteiger charge is 2.35. The van der Waals surface area contributed by atoms with Gasteiger partial charge >= 0.3 is 0 Å². The quantitative estimate of drug-likeness (QED) is 0.938. The lowest BCUT2D eigenvalue weighted by molar-refractivity contribution is -0.122. The van der Waals surface area contributed by atoms with E-state index in [9.17, 15) is 9.59 Å². The van der Waals surface area contributed by atoms with Crippen molar-refractivity contribution in [3.8, 4) is 0 Å². The van der Waals surface area contributed by atoms with Crippen molar-refractivity contribution in [2.24, 2.45) is 5.92 Å². The normalized spacial score (nSPS) is 17.6. The molecular weight excluding hydrogens is 312 g/mol. The van der Waals surface area contributed by atoms with Crippen LogP contribution in [0.1, 0.15) is 22.6 Å². The Labute approximate surface area is 138 Å². The molecule has 7 heteroatoms. The molecule has 6 nitrogen and oxygen atoms in total. The highest BCUT2D eigenvalue weighted by Crippen LogP contribution is 2.27. The van der Waals surface area contributed by atoms with Crippen molar-refractivity contribution < 1.29 is 9.59 Å². The third-order valence-corrected chi connectivity index (χ3v) is 4.81. The molecule has 0 spiro atoms. The molecular formula is C16H18N4O2S. The molecule has 23 heavy (non-hydrogen) atoms. The van der Waals surface area contributed by atoms with Crippen molar-refractivity contribution in [1.82, 2.24) is 10.2 Å². The second-order valence-electron chi connectivity index (χ2n) is 5.79. The van der Waals surface area contributed by atoms with E-state index in [2.05, 4.69) is 15.5 Å². The van der Waals surface area contributed by atoms with Gasteiger partial charge in [-0.3, -0.25) is 9.59 Å². The number of hydrogen-bond acceptors (Lipinski definition) is 5. The zero-order valence-corrected chi connectivity index (χ0v) is 14.1. The largest absolute Gasteiger partial charge is 0.312 e. The van der Waals surface area contributed by atoms with Gasteiger partial charge in [0.25, 0.3) is 0 Å². The van der Waals surface area contributed by atoms with Crippen LogP contribution in [0.5, 0.6) is 0 Å². The molecule has 3 rings (SSSR count). The van der Waals surface area contributed by atoms with Crippen molar-refractivity contribution in [2.75, 3.05) is 16.8 Å². The standard InChI is InChI=1S/C16H18N4O2S/c1-9-4-5-13(6-10(9)2)20-8-12(7-14(20)21)15(22)17-16-19-18-11(3)23-16/h4-6,12H,7-8H2,1-3H3,(H,17,19,22). The van der Waals surface area contributed by atoms with E-state index in [1.807, 2.05) is 39.0 Å². The van der Waals surface area contributed by atoms with E-state index in [0.717, 1.165) is 16.3 Å². The van der Waals surface area contributed by atoms with E-state index in [1.165, 1.54) is 16.9 Å². The molecule has 0 radical (unpaired) electrons. The second-order valence-corrected chi connectivity index (χ2v) is 6.97. The molecule has 0 bridgehead atoms. The predicted molar refractivity (Wildman–Crippen MR) is 89.7 cm³/mol. The van der Waals surface area contributed by atoms with Gasteiger partial charge in [0, 0.05) is 18.7 Å². The summed E-state index contributed by atoms with van der Waals surface area (Å²) < 4.78 is 0. The van der Waals surface area contributed by atoms with Gasteiger partial charge in [0.05, 0.1) is 5.92 Å². The summed E-state index contributed by atoms with van der Waals surface area (Å²) in [7, 11) is 0. The van der Waals surface area contributed by atoms with Gasteiger partial charge in [0.15, 0.2) is 0 Å². The fourth-order valence-electron chi connectivity index (χ4n) is 2.58. The Morgan fingerprint density at radius 2 is 2.04 bits per heavy atom. The Morgan fingerprint density at radius 1 is 1.26 bits per heavy atom. The summed E-state index contributed by atoms with van der Waals surface area (Å²) in [6.45, 7) is 6.27. The van der Waals surface area contributed by atoms with Crippen LogP contribution in [-0.2, 0) is 9.59 Å². The molecule has 1 aromatic heterocycles. The number of rotatable bonds is 3. The molecule has 120 valence electrons. The predicted octanol–water partition coefficient (Wildman–Crippen LogP) is 2.45. The van der Waals surface area contributed by atoms with Gasteiger partial charge in [-0.15, -0.1) is 10.2 Å². The van der Waals surface area contributed by atoms with Crippen LogP contribution in [0, 0.1) is 26.7 Å². The SMILES string of the molecule is Cc1nnc(NC(=O)C2CC(=O)N(c3ccc(C)c(C)c3)C2)s1. The van der Waals surface area contributed by atoms with Crippen LogP contribution in [0.3, 0.4) is 0 Å². The van der Waals surface area contributed by atoms with Crippen molar-refractivity contribution in [3.05, 3.63) is 34.3 Å². The average molecular weight is 330 g/mol. The summed E-state index contributed by atoms with van der Waals surface area (Å²) in [5.41, 5.74) is 3.16. The maximum Gasteiger partial charge on any atom is 0.231 e. The van der Waals surface area contributed by atoms with Crippen LogP contribution in [0.2, 0.25) is 0 Å². The van der Waals surface area contributed by atoms with Crippen molar-refractivity contribution >= 4 is 34.0 Å². The number of aryl methyl sites for hydroxylation is 3. The Bertz CT molecular complexity index is 771. The van der Waals surface area contributed by atoms with E-state index in [-0.39, 0.29) is 24.2 Å². The van der Waals surface area contributed by atoms with E-state index >= 15 is 0 Å². The first kappa shape index (κ1) is 15.6. The minimum atomic E-state index is -0.367. The molecule has 1 aliphatic rings. The fourth-order valence-corrected chi connectivity index (χ4v) is 3.18. The summed E-state index contributed by atoms with van der Waals surface area (Å²) in [6.07, 6.45) is 0.219. The molecule has 1 saturated heterocycles. The lowest BCUT2D eigenvalue weighted by atomic mass is 10.1. The van der Waals surface area contributed by atoms with Crippen LogP contribution < -0.4 is 10.2 Å². The molecule has 1 unspecified atom stereocenters. The molecule has 2 heterocycles. The maximum atomic E-state index is 12.3. The first-order chi connectivity index (χ1) is 10.9. The van der Waals surface area contributed by atoms with Gasteiger partial charge in [0.1, 0.15) is 5.01 Å². The first-order valence-corrected chi connectivity index (χ1v) is 8.24. The molecule has 1 N–H and O–H groups in total. The van der Waals surface area contributed by atoms with Crippen molar-refractivity contribution in [1.29, 1.82) is 0 Å². The number of amides is 2. The minimum absolute atomic E-state index is 0.0261. The van der Waals surface area contributed by atoms with Gasteiger partial charge in [-0.1, -0.05) is 17.4 Å². The molecule has 0 aliphatic carbocycles. The highest BCUT2D eigenvalue weighted by molar-refractivity contribution is 7.15. The number of carbonyl (C=O) groups excluding carboxylic acids is 2. The van der Waals surface area contributed by atoms with Crippen LogP contribution in [-0.4, -0.2) is 28.6 Å². The monoisotopic (exact) mass is 330 g/mol. The number of carbonyl (C=O) groups is 2. The first-order valence-electron chi connectivity index (χ1n) is 7.42. The van der Waals surface area contributed by atoms with Gasteiger partial charge < -0.3 is 10.2 Å². The van der Waals surface area contributed by atoms with Crippen molar-refractivity contribution in [2.45, 2.75) is 27.2 Å². The van der Waals surface area contributed by atoms with Gasteiger partial charge in [-0.2, -0.15) is 0 Å². The summed E-state index contributed by atoms with van der Waals surface area (Å²) in [5.74, 6) is -0.573. The number of anilines is 2. The third-order valence-electron chi connectivity index (χ3n) is 4.05. The van der Waals surface area contributed by atoms with Gasteiger partial charge in [-0.25, -0.2) is 0 Å². The topological polar surface area (TPSA) is 75.2 Å². The third kappa shape index (κ3) is 3.24. The Hall–Kier alpha value is -2.28. The highest BCUT2D eigenvalue weighted by atomic mass is 32.1.